The van der Waals surface area contributed by atoms with Crippen molar-refractivity contribution in [3.05, 3.63) is 36.0 Å². The Labute approximate surface area is 152 Å². The van der Waals surface area contributed by atoms with Crippen LogP contribution in [0.2, 0.25) is 0 Å². The highest BCUT2D eigenvalue weighted by Crippen LogP contribution is 2.23. The van der Waals surface area contributed by atoms with E-state index in [4.69, 9.17) is 4.74 Å². The van der Waals surface area contributed by atoms with Crippen LogP contribution in [0.15, 0.2) is 30.5 Å². The highest BCUT2D eigenvalue weighted by molar-refractivity contribution is 5.87. The van der Waals surface area contributed by atoms with Crippen molar-refractivity contribution in [3.8, 4) is 17.0 Å². The monoisotopic (exact) mass is 357 g/mol. The lowest BCUT2D eigenvalue weighted by atomic mass is 10.1. The molecular weight excluding hydrogens is 334 g/mol. The molecule has 138 valence electrons. The van der Waals surface area contributed by atoms with Crippen molar-refractivity contribution in [1.29, 1.82) is 0 Å². The van der Waals surface area contributed by atoms with Gasteiger partial charge in [-0.3, -0.25) is 9.89 Å². The number of piperazine rings is 1. The van der Waals surface area contributed by atoms with E-state index in [1.54, 1.807) is 37.1 Å². The van der Waals surface area contributed by atoms with Gasteiger partial charge in [0.25, 0.3) is 0 Å². The third-order valence-corrected chi connectivity index (χ3v) is 4.66. The Bertz CT molecular complexity index is 786. The molecule has 1 aliphatic heterocycles. The van der Waals surface area contributed by atoms with Crippen molar-refractivity contribution in [1.82, 2.24) is 25.3 Å². The summed E-state index contributed by atoms with van der Waals surface area (Å²) >= 11 is 0. The molecule has 2 heterocycles. The van der Waals surface area contributed by atoms with Crippen LogP contribution in [0.5, 0.6) is 5.75 Å². The summed E-state index contributed by atoms with van der Waals surface area (Å²) < 4.78 is 5.17. The lowest BCUT2D eigenvalue weighted by Gasteiger charge is -2.37. The van der Waals surface area contributed by atoms with Crippen LogP contribution in [0.25, 0.3) is 11.3 Å². The van der Waals surface area contributed by atoms with E-state index in [1.165, 1.54) is 0 Å². The van der Waals surface area contributed by atoms with Crippen molar-refractivity contribution in [2.75, 3.05) is 27.2 Å². The maximum absolute atomic E-state index is 12.5. The number of carbonyl (C=O) groups excluding carboxylic acids is 2. The summed E-state index contributed by atoms with van der Waals surface area (Å²) in [6, 6.07) is 6.89. The quantitative estimate of drug-likeness (QED) is 0.867. The number of H-pyrrole nitrogens is 1. The molecule has 2 N–H and O–H groups in total. The minimum absolute atomic E-state index is 0.0476. The van der Waals surface area contributed by atoms with Gasteiger partial charge in [-0.25, -0.2) is 4.79 Å². The van der Waals surface area contributed by atoms with Gasteiger partial charge in [-0.05, 0) is 31.2 Å². The molecule has 1 saturated heterocycles. The Morgan fingerprint density at radius 2 is 2.08 bits per heavy atom. The second-order valence-electron chi connectivity index (χ2n) is 6.29. The smallest absolute Gasteiger partial charge is 0.318 e. The molecule has 1 aromatic heterocycles. The van der Waals surface area contributed by atoms with E-state index in [0.717, 1.165) is 22.6 Å². The van der Waals surface area contributed by atoms with Crippen molar-refractivity contribution < 1.29 is 14.3 Å². The molecule has 1 aromatic carbocycles. The van der Waals surface area contributed by atoms with Gasteiger partial charge in [0.2, 0.25) is 5.91 Å². The molecule has 26 heavy (non-hydrogen) atoms. The first-order valence-electron chi connectivity index (χ1n) is 8.47. The fourth-order valence-electron chi connectivity index (χ4n) is 3.02. The molecule has 1 fully saturated rings. The number of ether oxygens (including phenoxy) is 1. The van der Waals surface area contributed by atoms with Gasteiger partial charge < -0.3 is 19.9 Å². The number of methoxy groups -OCH3 is 1. The number of hydrogen-bond donors (Lipinski definition) is 2. The van der Waals surface area contributed by atoms with Crippen molar-refractivity contribution in [3.63, 3.8) is 0 Å². The van der Waals surface area contributed by atoms with Crippen molar-refractivity contribution in [2.24, 2.45) is 0 Å². The Kier molecular flexibility index (Phi) is 5.11. The van der Waals surface area contributed by atoms with Crippen LogP contribution in [0.3, 0.4) is 0 Å². The van der Waals surface area contributed by atoms with Gasteiger partial charge in [0.1, 0.15) is 11.8 Å². The zero-order valence-electron chi connectivity index (χ0n) is 15.2. The fourth-order valence-corrected chi connectivity index (χ4v) is 3.02. The minimum Gasteiger partial charge on any atom is -0.497 e. The highest BCUT2D eigenvalue weighted by Gasteiger charge is 2.32. The van der Waals surface area contributed by atoms with Crippen LogP contribution in [0.4, 0.5) is 4.79 Å². The zero-order valence-corrected chi connectivity index (χ0v) is 15.2. The number of carbonyl (C=O) groups is 2. The van der Waals surface area contributed by atoms with Crippen LogP contribution < -0.4 is 10.1 Å². The third-order valence-electron chi connectivity index (χ3n) is 4.66. The van der Waals surface area contributed by atoms with E-state index in [2.05, 4.69) is 15.5 Å². The van der Waals surface area contributed by atoms with E-state index < -0.39 is 6.04 Å². The summed E-state index contributed by atoms with van der Waals surface area (Å²) in [4.78, 5) is 27.7. The third kappa shape index (κ3) is 3.49. The summed E-state index contributed by atoms with van der Waals surface area (Å²) in [6.45, 7) is 3.13. The first-order chi connectivity index (χ1) is 12.5. The van der Waals surface area contributed by atoms with E-state index in [0.29, 0.717) is 19.6 Å². The maximum Gasteiger partial charge on any atom is 0.318 e. The van der Waals surface area contributed by atoms with Gasteiger partial charge in [-0.15, -0.1) is 0 Å². The van der Waals surface area contributed by atoms with Crippen LogP contribution in [-0.4, -0.2) is 65.2 Å². The lowest BCUT2D eigenvalue weighted by Crippen LogP contribution is -2.58. The van der Waals surface area contributed by atoms with Crippen molar-refractivity contribution >= 4 is 11.9 Å². The molecule has 0 saturated carbocycles. The summed E-state index contributed by atoms with van der Waals surface area (Å²) in [5.41, 5.74) is 2.67. The second-order valence-corrected chi connectivity index (χ2v) is 6.29. The minimum atomic E-state index is -0.459. The number of likely N-dealkylation sites (N-methyl/N-ethyl adjacent to an activating group) is 1. The number of urea groups is 1. The standard InChI is InChI=1S/C18H23N5O3/c1-12-17(24)22(2)8-9-23(12)18(25)19-10-14-11-20-21-16(14)13-4-6-15(26-3)7-5-13/h4-7,11-12H,8-10H2,1-3H3,(H,19,25)(H,20,21)/t12-/m0/s1. The normalized spacial score (nSPS) is 17.3. The van der Waals surface area contributed by atoms with Gasteiger partial charge in [0.05, 0.1) is 19.0 Å². The Morgan fingerprint density at radius 3 is 2.77 bits per heavy atom. The molecule has 0 spiro atoms. The first-order valence-corrected chi connectivity index (χ1v) is 8.47. The molecule has 0 bridgehead atoms. The Hall–Kier alpha value is -3.03. The average molecular weight is 357 g/mol. The Balaban J connectivity index is 1.66. The molecule has 3 amide bonds. The molecule has 3 rings (SSSR count). The van der Waals surface area contributed by atoms with Gasteiger partial charge in [0, 0.05) is 37.8 Å². The highest BCUT2D eigenvalue weighted by atomic mass is 16.5. The number of aromatic amines is 1. The van der Waals surface area contributed by atoms with E-state index in [-0.39, 0.29) is 11.9 Å². The number of hydrogen-bond acceptors (Lipinski definition) is 4. The van der Waals surface area contributed by atoms with Crippen LogP contribution >= 0.6 is 0 Å². The zero-order chi connectivity index (χ0) is 18.7. The molecule has 1 atom stereocenters. The Morgan fingerprint density at radius 1 is 1.35 bits per heavy atom. The summed E-state index contributed by atoms with van der Waals surface area (Å²) in [7, 11) is 3.37. The topological polar surface area (TPSA) is 90.6 Å². The summed E-state index contributed by atoms with van der Waals surface area (Å²) in [5, 5.41) is 9.94. The average Bonchev–Trinajstić information content (AvgIpc) is 3.13. The number of amides is 3. The molecule has 0 unspecified atom stereocenters. The summed E-state index contributed by atoms with van der Waals surface area (Å²) in [5.74, 6) is 0.727. The van der Waals surface area contributed by atoms with Gasteiger partial charge in [-0.2, -0.15) is 5.10 Å². The predicted octanol–water partition coefficient (Wildman–Crippen LogP) is 1.46. The summed E-state index contributed by atoms with van der Waals surface area (Å²) in [6.07, 6.45) is 1.69. The van der Waals surface area contributed by atoms with Crippen LogP contribution in [-0.2, 0) is 11.3 Å². The number of rotatable bonds is 4. The fraction of sp³-hybridized carbons (Fsp3) is 0.389. The number of nitrogens with one attached hydrogen (secondary N) is 2. The molecule has 1 aliphatic rings. The lowest BCUT2D eigenvalue weighted by molar-refractivity contribution is -0.137. The number of benzene rings is 1. The molecule has 0 radical (unpaired) electrons. The molecule has 8 nitrogen and oxygen atoms in total. The van der Waals surface area contributed by atoms with E-state index in [1.807, 2.05) is 24.3 Å². The van der Waals surface area contributed by atoms with E-state index >= 15 is 0 Å². The van der Waals surface area contributed by atoms with Gasteiger partial charge in [-0.1, -0.05) is 0 Å². The largest absolute Gasteiger partial charge is 0.497 e. The number of aromatic nitrogens is 2. The van der Waals surface area contributed by atoms with Gasteiger partial charge in [0.15, 0.2) is 0 Å². The maximum atomic E-state index is 12.5. The van der Waals surface area contributed by atoms with Crippen molar-refractivity contribution in [2.45, 2.75) is 19.5 Å². The van der Waals surface area contributed by atoms with Gasteiger partial charge >= 0.3 is 6.03 Å². The first kappa shape index (κ1) is 17.8. The molecule has 2 aromatic rings. The van der Waals surface area contributed by atoms with E-state index in [9.17, 15) is 9.59 Å². The number of nitrogens with zero attached hydrogens (tertiary/aromatic N) is 3. The molecular formula is C18H23N5O3. The second kappa shape index (κ2) is 7.47. The predicted molar refractivity (Wildman–Crippen MR) is 96.6 cm³/mol. The van der Waals surface area contributed by atoms with Crippen LogP contribution in [0.1, 0.15) is 12.5 Å². The molecule has 8 heteroatoms. The molecule has 0 aliphatic carbocycles. The van der Waals surface area contributed by atoms with Crippen LogP contribution in [0, 0.1) is 0 Å². The SMILES string of the molecule is COc1ccc(-c2[nH]ncc2CNC(=O)N2CCN(C)C(=O)[C@@H]2C)cc1.